The predicted octanol–water partition coefficient (Wildman–Crippen LogP) is 1.11. The monoisotopic (exact) mass is 226 g/mol. The van der Waals surface area contributed by atoms with Crippen LogP contribution in [0.1, 0.15) is 39.5 Å². The minimum absolute atomic E-state index is 0.227. The summed E-state index contributed by atoms with van der Waals surface area (Å²) in [5.74, 6) is 0.240. The highest BCUT2D eigenvalue weighted by Crippen LogP contribution is 2.30. The lowest BCUT2D eigenvalue weighted by Crippen LogP contribution is -2.47. The van der Waals surface area contributed by atoms with Crippen molar-refractivity contribution >= 4 is 5.91 Å². The molecule has 16 heavy (non-hydrogen) atoms. The first-order chi connectivity index (χ1) is 7.62. The van der Waals surface area contributed by atoms with Crippen LogP contribution in [-0.2, 0) is 9.53 Å². The van der Waals surface area contributed by atoms with Crippen molar-refractivity contribution in [1.82, 2.24) is 10.2 Å². The quantitative estimate of drug-likeness (QED) is 0.784. The topological polar surface area (TPSA) is 41.6 Å². The van der Waals surface area contributed by atoms with Crippen LogP contribution < -0.4 is 5.32 Å². The van der Waals surface area contributed by atoms with E-state index in [9.17, 15) is 4.79 Å². The lowest BCUT2D eigenvalue weighted by molar-refractivity contribution is -0.135. The van der Waals surface area contributed by atoms with Crippen molar-refractivity contribution in [1.29, 1.82) is 0 Å². The molecule has 1 saturated carbocycles. The summed E-state index contributed by atoms with van der Waals surface area (Å²) in [6, 6.07) is 0.276. The van der Waals surface area contributed by atoms with Gasteiger partial charge in [0.2, 0.25) is 5.91 Å². The Hall–Kier alpha value is -0.610. The van der Waals surface area contributed by atoms with Gasteiger partial charge in [0.15, 0.2) is 0 Å². The number of amides is 1. The van der Waals surface area contributed by atoms with E-state index in [1.54, 1.807) is 7.11 Å². The van der Waals surface area contributed by atoms with Crippen molar-refractivity contribution in [2.24, 2.45) is 0 Å². The van der Waals surface area contributed by atoms with Gasteiger partial charge in [-0.2, -0.15) is 0 Å². The molecule has 3 unspecified atom stereocenters. The molecule has 1 N–H and O–H groups in total. The third-order valence-electron chi connectivity index (χ3n) is 4.20. The summed E-state index contributed by atoms with van der Waals surface area (Å²) >= 11 is 0. The van der Waals surface area contributed by atoms with E-state index in [2.05, 4.69) is 12.2 Å². The molecule has 1 saturated heterocycles. The van der Waals surface area contributed by atoms with Gasteiger partial charge >= 0.3 is 0 Å². The Morgan fingerprint density at radius 1 is 1.56 bits per heavy atom. The fraction of sp³-hybridized carbons (Fsp3) is 0.917. The van der Waals surface area contributed by atoms with Crippen molar-refractivity contribution in [3.63, 3.8) is 0 Å². The molecule has 0 aromatic heterocycles. The van der Waals surface area contributed by atoms with Gasteiger partial charge in [-0.25, -0.2) is 0 Å². The lowest BCUT2D eigenvalue weighted by Gasteiger charge is -2.29. The fourth-order valence-corrected chi connectivity index (χ4v) is 2.81. The van der Waals surface area contributed by atoms with E-state index in [4.69, 9.17) is 4.74 Å². The number of methoxy groups -OCH3 is 1. The summed E-state index contributed by atoms with van der Waals surface area (Å²) in [6.45, 7) is 4.72. The van der Waals surface area contributed by atoms with Crippen LogP contribution in [0, 0.1) is 0 Å². The number of rotatable bonds is 3. The summed E-state index contributed by atoms with van der Waals surface area (Å²) in [6.07, 6.45) is 4.38. The molecule has 2 aliphatic rings. The Morgan fingerprint density at radius 2 is 2.31 bits per heavy atom. The molecule has 1 aliphatic heterocycles. The molecule has 2 rings (SSSR count). The van der Waals surface area contributed by atoms with Crippen molar-refractivity contribution in [2.75, 3.05) is 13.8 Å². The second kappa shape index (κ2) is 4.34. The largest absolute Gasteiger partial charge is 0.379 e. The highest BCUT2D eigenvalue weighted by Gasteiger charge is 2.46. The Kier molecular flexibility index (Phi) is 3.22. The molecule has 3 atom stereocenters. The third kappa shape index (κ3) is 1.74. The molecule has 1 heterocycles. The van der Waals surface area contributed by atoms with Crippen LogP contribution >= 0.6 is 0 Å². The first kappa shape index (κ1) is 11.9. The average molecular weight is 226 g/mol. The minimum atomic E-state index is -0.360. The molecule has 1 amide bonds. The maximum atomic E-state index is 12.3. The van der Waals surface area contributed by atoms with E-state index in [1.807, 2.05) is 11.8 Å². The van der Waals surface area contributed by atoms with Gasteiger partial charge in [0.1, 0.15) is 0 Å². The molecule has 0 aromatic carbocycles. The van der Waals surface area contributed by atoms with Crippen molar-refractivity contribution in [3.8, 4) is 0 Å². The summed E-state index contributed by atoms with van der Waals surface area (Å²) < 4.78 is 5.46. The van der Waals surface area contributed by atoms with Crippen LogP contribution in [0.3, 0.4) is 0 Å². The molecule has 1 aliphatic carbocycles. The summed E-state index contributed by atoms with van der Waals surface area (Å²) in [4.78, 5) is 14.3. The maximum Gasteiger partial charge on any atom is 0.243 e. The van der Waals surface area contributed by atoms with E-state index in [1.165, 1.54) is 0 Å². The van der Waals surface area contributed by atoms with Gasteiger partial charge < -0.3 is 9.64 Å². The molecule has 4 heteroatoms. The highest BCUT2D eigenvalue weighted by molar-refractivity contribution is 5.88. The van der Waals surface area contributed by atoms with Crippen LogP contribution in [0.2, 0.25) is 0 Å². The zero-order chi connectivity index (χ0) is 11.8. The van der Waals surface area contributed by atoms with Gasteiger partial charge in [-0.15, -0.1) is 0 Å². The van der Waals surface area contributed by atoms with E-state index in [-0.39, 0.29) is 23.6 Å². The normalized spacial score (nSPS) is 39.7. The zero-order valence-corrected chi connectivity index (χ0v) is 10.5. The lowest BCUT2D eigenvalue weighted by atomic mass is 9.98. The van der Waals surface area contributed by atoms with Crippen molar-refractivity contribution < 1.29 is 9.53 Å². The van der Waals surface area contributed by atoms with Gasteiger partial charge in [-0.1, -0.05) is 6.92 Å². The first-order valence-corrected chi connectivity index (χ1v) is 6.21. The second-order valence-corrected chi connectivity index (χ2v) is 5.07. The summed E-state index contributed by atoms with van der Waals surface area (Å²) in [7, 11) is 1.75. The number of carbonyl (C=O) groups excluding carboxylic acids is 1. The van der Waals surface area contributed by atoms with Crippen molar-refractivity contribution in [2.45, 2.75) is 57.2 Å². The molecule has 0 aromatic rings. The number of ether oxygens (including phenoxy) is 1. The van der Waals surface area contributed by atoms with Crippen LogP contribution in [0.5, 0.6) is 0 Å². The van der Waals surface area contributed by atoms with Crippen LogP contribution in [0.15, 0.2) is 0 Å². The Balaban J connectivity index is 2.09. The van der Waals surface area contributed by atoms with Gasteiger partial charge in [-0.3, -0.25) is 10.1 Å². The van der Waals surface area contributed by atoms with Gasteiger partial charge in [0.05, 0.1) is 24.4 Å². The van der Waals surface area contributed by atoms with E-state index in [0.29, 0.717) is 6.67 Å². The molecule has 0 spiro atoms. The Labute approximate surface area is 97.3 Å². The number of nitrogens with one attached hydrogen (secondary N) is 1. The summed E-state index contributed by atoms with van der Waals surface area (Å²) in [5, 5.41) is 3.32. The standard InChI is InChI=1S/C12H22N2O2/c1-4-12(2)11(15)14(8-13-12)9-6-5-7-10(9)16-3/h9-10,13H,4-8H2,1-3H3. The van der Waals surface area contributed by atoms with E-state index in [0.717, 1.165) is 25.7 Å². The number of nitrogens with zero attached hydrogens (tertiary/aromatic N) is 1. The zero-order valence-electron chi connectivity index (χ0n) is 10.5. The highest BCUT2D eigenvalue weighted by atomic mass is 16.5. The minimum Gasteiger partial charge on any atom is -0.379 e. The first-order valence-electron chi connectivity index (χ1n) is 6.21. The third-order valence-corrected chi connectivity index (χ3v) is 4.20. The van der Waals surface area contributed by atoms with Crippen LogP contribution in [-0.4, -0.2) is 42.3 Å². The van der Waals surface area contributed by atoms with Gasteiger partial charge in [0.25, 0.3) is 0 Å². The summed E-state index contributed by atoms with van der Waals surface area (Å²) in [5.41, 5.74) is -0.360. The van der Waals surface area contributed by atoms with Crippen LogP contribution in [0.25, 0.3) is 0 Å². The van der Waals surface area contributed by atoms with E-state index >= 15 is 0 Å². The molecular formula is C12H22N2O2. The second-order valence-electron chi connectivity index (χ2n) is 5.07. The van der Waals surface area contributed by atoms with Gasteiger partial charge in [-0.05, 0) is 32.6 Å². The molecule has 92 valence electrons. The predicted molar refractivity (Wildman–Crippen MR) is 62.0 cm³/mol. The maximum absolute atomic E-state index is 12.3. The van der Waals surface area contributed by atoms with Crippen LogP contribution in [0.4, 0.5) is 0 Å². The number of carbonyl (C=O) groups is 1. The molecule has 0 radical (unpaired) electrons. The van der Waals surface area contributed by atoms with Gasteiger partial charge in [0, 0.05) is 7.11 Å². The Morgan fingerprint density at radius 3 is 2.88 bits per heavy atom. The van der Waals surface area contributed by atoms with E-state index < -0.39 is 0 Å². The smallest absolute Gasteiger partial charge is 0.243 e. The number of hydrogen-bond acceptors (Lipinski definition) is 3. The van der Waals surface area contributed by atoms with Crippen molar-refractivity contribution in [3.05, 3.63) is 0 Å². The Bertz CT molecular complexity index is 282. The fourth-order valence-electron chi connectivity index (χ4n) is 2.81. The number of hydrogen-bond donors (Lipinski definition) is 1. The molecular weight excluding hydrogens is 204 g/mol. The average Bonchev–Trinajstić information content (AvgIpc) is 2.86. The molecule has 4 nitrogen and oxygen atoms in total. The molecule has 0 bridgehead atoms. The SMILES string of the molecule is CCC1(C)NCN(C2CCCC2OC)C1=O. The molecule has 2 fully saturated rings.